The Morgan fingerprint density at radius 2 is 1.95 bits per heavy atom. The maximum atomic E-state index is 12.8. The number of aromatic nitrogens is 2. The van der Waals surface area contributed by atoms with Gasteiger partial charge in [0, 0.05) is 6.04 Å². The fourth-order valence-electron chi connectivity index (χ4n) is 2.12. The van der Waals surface area contributed by atoms with E-state index in [0.29, 0.717) is 15.7 Å². The van der Waals surface area contributed by atoms with Gasteiger partial charge in [0.25, 0.3) is 0 Å². The predicted molar refractivity (Wildman–Crippen MR) is 77.8 cm³/mol. The minimum absolute atomic E-state index is 0.0585. The summed E-state index contributed by atoms with van der Waals surface area (Å²) in [5.74, 6) is 0. The van der Waals surface area contributed by atoms with E-state index >= 15 is 0 Å². The minimum Gasteiger partial charge on any atom is -0.319 e. The van der Waals surface area contributed by atoms with Crippen molar-refractivity contribution in [3.05, 3.63) is 51.8 Å². The Hall–Kier alpha value is -1.34. The SMILES string of the molecule is CC(C)n1ncc(Br)c1C(N)c1cccc(C(F)(F)F)c1. The van der Waals surface area contributed by atoms with Crippen LogP contribution in [0.15, 0.2) is 34.9 Å². The highest BCUT2D eigenvalue weighted by Gasteiger charge is 2.31. The van der Waals surface area contributed by atoms with Gasteiger partial charge in [-0.2, -0.15) is 18.3 Å². The molecule has 1 atom stereocenters. The van der Waals surface area contributed by atoms with E-state index in [4.69, 9.17) is 5.73 Å². The average Bonchev–Trinajstić information content (AvgIpc) is 2.79. The van der Waals surface area contributed by atoms with Crippen LogP contribution < -0.4 is 5.73 Å². The van der Waals surface area contributed by atoms with Crippen molar-refractivity contribution in [3.63, 3.8) is 0 Å². The summed E-state index contributed by atoms with van der Waals surface area (Å²) in [5.41, 5.74) is 6.50. The molecule has 0 amide bonds. The second-order valence-electron chi connectivity index (χ2n) is 5.02. The number of nitrogens with two attached hydrogens (primary N) is 1. The van der Waals surface area contributed by atoms with Crippen molar-refractivity contribution in [1.29, 1.82) is 0 Å². The quantitative estimate of drug-likeness (QED) is 0.885. The molecule has 21 heavy (non-hydrogen) atoms. The Balaban J connectivity index is 2.46. The van der Waals surface area contributed by atoms with E-state index in [2.05, 4.69) is 21.0 Å². The molecule has 2 rings (SSSR count). The van der Waals surface area contributed by atoms with Gasteiger partial charge in [0.15, 0.2) is 0 Å². The van der Waals surface area contributed by atoms with Gasteiger partial charge in [0.05, 0.1) is 28.0 Å². The molecule has 3 nitrogen and oxygen atoms in total. The fourth-order valence-corrected chi connectivity index (χ4v) is 2.64. The molecule has 2 N–H and O–H groups in total. The van der Waals surface area contributed by atoms with Crippen LogP contribution in [0.2, 0.25) is 0 Å². The Morgan fingerprint density at radius 3 is 2.52 bits per heavy atom. The van der Waals surface area contributed by atoms with Gasteiger partial charge in [0.2, 0.25) is 0 Å². The normalized spacial score (nSPS) is 13.7. The second kappa shape index (κ2) is 5.81. The molecular formula is C14H15BrF3N3. The number of hydrogen-bond acceptors (Lipinski definition) is 2. The van der Waals surface area contributed by atoms with Crippen molar-refractivity contribution in [1.82, 2.24) is 9.78 Å². The molecule has 0 spiro atoms. The summed E-state index contributed by atoms with van der Waals surface area (Å²) in [5, 5.41) is 4.20. The molecular weight excluding hydrogens is 347 g/mol. The van der Waals surface area contributed by atoms with E-state index < -0.39 is 17.8 Å². The zero-order valence-corrected chi connectivity index (χ0v) is 13.1. The summed E-state index contributed by atoms with van der Waals surface area (Å²) in [7, 11) is 0. The molecule has 0 aliphatic rings. The summed E-state index contributed by atoms with van der Waals surface area (Å²) in [6.45, 7) is 3.86. The highest BCUT2D eigenvalue weighted by atomic mass is 79.9. The Labute approximate surface area is 129 Å². The summed E-state index contributed by atoms with van der Waals surface area (Å²) in [4.78, 5) is 0. The highest BCUT2D eigenvalue weighted by molar-refractivity contribution is 9.10. The molecule has 0 saturated carbocycles. The molecule has 1 unspecified atom stereocenters. The van der Waals surface area contributed by atoms with Gasteiger partial charge in [0.1, 0.15) is 0 Å². The first-order chi connectivity index (χ1) is 9.71. The molecule has 1 aromatic heterocycles. The first-order valence-electron chi connectivity index (χ1n) is 6.37. The van der Waals surface area contributed by atoms with Gasteiger partial charge in [-0.15, -0.1) is 0 Å². The van der Waals surface area contributed by atoms with E-state index in [-0.39, 0.29) is 6.04 Å². The van der Waals surface area contributed by atoms with Crippen LogP contribution in [0, 0.1) is 0 Å². The van der Waals surface area contributed by atoms with Crippen molar-refractivity contribution in [2.45, 2.75) is 32.1 Å². The highest BCUT2D eigenvalue weighted by Crippen LogP contribution is 2.33. The van der Waals surface area contributed by atoms with Gasteiger partial charge in [-0.25, -0.2) is 0 Å². The van der Waals surface area contributed by atoms with Gasteiger partial charge in [-0.05, 0) is 47.5 Å². The number of halogens is 4. The van der Waals surface area contributed by atoms with Crippen molar-refractivity contribution in [2.75, 3.05) is 0 Å². The van der Waals surface area contributed by atoms with Crippen molar-refractivity contribution in [2.24, 2.45) is 5.73 Å². The van der Waals surface area contributed by atoms with Crippen LogP contribution in [-0.4, -0.2) is 9.78 Å². The number of nitrogens with zero attached hydrogens (tertiary/aromatic N) is 2. The van der Waals surface area contributed by atoms with Crippen molar-refractivity contribution in [3.8, 4) is 0 Å². The molecule has 0 bridgehead atoms. The van der Waals surface area contributed by atoms with Crippen LogP contribution in [0.4, 0.5) is 13.2 Å². The summed E-state index contributed by atoms with van der Waals surface area (Å²) in [6.07, 6.45) is -2.78. The zero-order valence-electron chi connectivity index (χ0n) is 11.5. The number of rotatable bonds is 3. The Kier molecular flexibility index (Phi) is 4.43. The van der Waals surface area contributed by atoms with Crippen LogP contribution in [0.1, 0.15) is 42.8 Å². The van der Waals surface area contributed by atoms with Crippen molar-refractivity contribution >= 4 is 15.9 Å². The number of benzene rings is 1. The lowest BCUT2D eigenvalue weighted by atomic mass is 10.0. The van der Waals surface area contributed by atoms with E-state index in [0.717, 1.165) is 12.1 Å². The molecule has 1 heterocycles. The smallest absolute Gasteiger partial charge is 0.319 e. The molecule has 2 aromatic rings. The van der Waals surface area contributed by atoms with Gasteiger partial charge < -0.3 is 5.73 Å². The lowest BCUT2D eigenvalue weighted by molar-refractivity contribution is -0.137. The first-order valence-corrected chi connectivity index (χ1v) is 7.16. The van der Waals surface area contributed by atoms with Crippen LogP contribution >= 0.6 is 15.9 Å². The van der Waals surface area contributed by atoms with E-state index in [1.165, 1.54) is 6.07 Å². The third-order valence-electron chi connectivity index (χ3n) is 3.14. The predicted octanol–water partition coefficient (Wildman–Crippen LogP) is 4.29. The van der Waals surface area contributed by atoms with Crippen LogP contribution in [0.5, 0.6) is 0 Å². The maximum absolute atomic E-state index is 12.8. The van der Waals surface area contributed by atoms with Crippen LogP contribution in [0.3, 0.4) is 0 Å². The number of alkyl halides is 3. The van der Waals surface area contributed by atoms with E-state index in [9.17, 15) is 13.2 Å². The monoisotopic (exact) mass is 361 g/mol. The van der Waals surface area contributed by atoms with Crippen LogP contribution in [-0.2, 0) is 6.18 Å². The summed E-state index contributed by atoms with van der Waals surface area (Å²) >= 11 is 3.36. The Morgan fingerprint density at radius 1 is 1.29 bits per heavy atom. The molecule has 0 aliphatic heterocycles. The molecule has 0 fully saturated rings. The molecule has 7 heteroatoms. The summed E-state index contributed by atoms with van der Waals surface area (Å²) < 4.78 is 40.8. The molecule has 1 aromatic carbocycles. The maximum Gasteiger partial charge on any atom is 0.416 e. The van der Waals surface area contributed by atoms with Gasteiger partial charge >= 0.3 is 6.18 Å². The average molecular weight is 362 g/mol. The zero-order chi connectivity index (χ0) is 15.8. The molecule has 0 saturated heterocycles. The van der Waals surface area contributed by atoms with Crippen molar-refractivity contribution < 1.29 is 13.2 Å². The van der Waals surface area contributed by atoms with Gasteiger partial charge in [-0.3, -0.25) is 4.68 Å². The first kappa shape index (κ1) is 16.0. The van der Waals surface area contributed by atoms with Gasteiger partial charge in [-0.1, -0.05) is 12.1 Å². The van der Waals surface area contributed by atoms with E-state index in [1.54, 1.807) is 16.9 Å². The second-order valence-corrected chi connectivity index (χ2v) is 5.87. The Bertz CT molecular complexity index is 635. The third kappa shape index (κ3) is 3.29. The molecule has 0 aliphatic carbocycles. The lowest BCUT2D eigenvalue weighted by Gasteiger charge is -2.19. The molecule has 0 radical (unpaired) electrons. The standard InChI is InChI=1S/C14H15BrF3N3/c1-8(2)21-13(11(15)7-20-21)12(19)9-4-3-5-10(6-9)14(16,17)18/h3-8,12H,19H2,1-2H3. The van der Waals surface area contributed by atoms with Crippen LogP contribution in [0.25, 0.3) is 0 Å². The molecule has 114 valence electrons. The number of hydrogen-bond donors (Lipinski definition) is 1. The minimum atomic E-state index is -4.38. The fraction of sp³-hybridized carbons (Fsp3) is 0.357. The largest absolute Gasteiger partial charge is 0.416 e. The lowest BCUT2D eigenvalue weighted by Crippen LogP contribution is -2.20. The van der Waals surface area contributed by atoms with E-state index in [1.807, 2.05) is 13.8 Å². The summed E-state index contributed by atoms with van der Waals surface area (Å²) in [6, 6.07) is 4.43. The topological polar surface area (TPSA) is 43.8 Å². The third-order valence-corrected chi connectivity index (χ3v) is 3.75.